The third-order valence-corrected chi connectivity index (χ3v) is 7.45. The molecule has 144 valence electrons. The van der Waals surface area contributed by atoms with Gasteiger partial charge in [0.1, 0.15) is 5.75 Å². The van der Waals surface area contributed by atoms with Gasteiger partial charge in [-0.15, -0.1) is 0 Å². The van der Waals surface area contributed by atoms with E-state index in [1.54, 1.807) is 18.3 Å². The summed E-state index contributed by atoms with van der Waals surface area (Å²) >= 11 is 5.84. The predicted octanol–water partition coefficient (Wildman–Crippen LogP) is 4.02. The Balaban J connectivity index is 1.23. The molecule has 0 aliphatic heterocycles. The minimum atomic E-state index is -3.52. The monoisotopic (exact) mass is 414 g/mol. The van der Waals surface area contributed by atoms with Gasteiger partial charge in [0.25, 0.3) is 0 Å². The number of halogens is 1. The van der Waals surface area contributed by atoms with Gasteiger partial charge in [-0.05, 0) is 67.1 Å². The Morgan fingerprint density at radius 3 is 2.46 bits per heavy atom. The van der Waals surface area contributed by atoms with E-state index >= 15 is 0 Å². The summed E-state index contributed by atoms with van der Waals surface area (Å²) in [5, 5.41) is 1.52. The van der Waals surface area contributed by atoms with Gasteiger partial charge >= 0.3 is 0 Å². The molecule has 2 atom stereocenters. The maximum atomic E-state index is 12.6. The molecule has 0 amide bonds. The van der Waals surface area contributed by atoms with Gasteiger partial charge in [-0.25, -0.2) is 13.1 Å². The average molecular weight is 415 g/mol. The number of sulfonamides is 1. The number of rotatable bonds is 5. The first-order valence-electron chi connectivity index (χ1n) is 9.29. The molecule has 0 saturated heterocycles. The molecule has 5 rings (SSSR count). The first kappa shape index (κ1) is 17.9. The summed E-state index contributed by atoms with van der Waals surface area (Å²) in [6.07, 6.45) is 3.58. The summed E-state index contributed by atoms with van der Waals surface area (Å²) in [6.45, 7) is 0. The van der Waals surface area contributed by atoms with Crippen LogP contribution in [0.3, 0.4) is 0 Å². The van der Waals surface area contributed by atoms with E-state index in [4.69, 9.17) is 16.3 Å². The molecule has 1 N–H and O–H groups in total. The molecular formula is C21H19ClN2O3S. The lowest BCUT2D eigenvalue weighted by molar-refractivity contribution is 0.193. The van der Waals surface area contributed by atoms with E-state index in [0.717, 1.165) is 29.5 Å². The van der Waals surface area contributed by atoms with E-state index in [2.05, 4.69) is 9.71 Å². The molecule has 2 fully saturated rings. The topological polar surface area (TPSA) is 68.3 Å². The minimum Gasteiger partial charge on any atom is -0.490 e. The van der Waals surface area contributed by atoms with Crippen molar-refractivity contribution in [2.24, 2.45) is 11.8 Å². The number of ether oxygens (including phenoxy) is 1. The van der Waals surface area contributed by atoms with E-state index in [1.165, 1.54) is 12.1 Å². The SMILES string of the molecule is O=S(=O)(NC1C2CC(Oc3ccnc4ccccc34)CC21)c1ccc(Cl)cc1. The van der Waals surface area contributed by atoms with Crippen LogP contribution in [-0.2, 0) is 10.0 Å². The van der Waals surface area contributed by atoms with Crippen LogP contribution in [0.1, 0.15) is 12.8 Å². The highest BCUT2D eigenvalue weighted by Crippen LogP contribution is 2.53. The van der Waals surface area contributed by atoms with Gasteiger partial charge in [0.05, 0.1) is 16.5 Å². The number of nitrogens with zero attached hydrogens (tertiary/aromatic N) is 1. The van der Waals surface area contributed by atoms with Crippen molar-refractivity contribution in [1.29, 1.82) is 0 Å². The van der Waals surface area contributed by atoms with Crippen LogP contribution in [0.4, 0.5) is 0 Å². The van der Waals surface area contributed by atoms with Crippen molar-refractivity contribution in [1.82, 2.24) is 9.71 Å². The second-order valence-electron chi connectivity index (χ2n) is 7.47. The predicted molar refractivity (Wildman–Crippen MR) is 108 cm³/mol. The minimum absolute atomic E-state index is 0.00490. The normalized spacial score (nSPS) is 26.2. The molecule has 3 aromatic rings. The zero-order valence-corrected chi connectivity index (χ0v) is 16.5. The smallest absolute Gasteiger partial charge is 0.240 e. The zero-order chi connectivity index (χ0) is 19.3. The molecule has 0 radical (unpaired) electrons. The van der Waals surface area contributed by atoms with Crippen LogP contribution in [-0.4, -0.2) is 25.5 Å². The highest BCUT2D eigenvalue weighted by Gasteiger charge is 2.58. The van der Waals surface area contributed by atoms with Crippen LogP contribution in [0, 0.1) is 11.8 Å². The van der Waals surface area contributed by atoms with Gasteiger partial charge in [0.2, 0.25) is 10.0 Å². The van der Waals surface area contributed by atoms with Crippen molar-refractivity contribution in [3.63, 3.8) is 0 Å². The molecule has 2 saturated carbocycles. The molecule has 2 aliphatic rings. The number of benzene rings is 2. The van der Waals surface area contributed by atoms with Crippen LogP contribution in [0.2, 0.25) is 5.02 Å². The third kappa shape index (κ3) is 3.26. The molecule has 1 heterocycles. The number of hydrogen-bond donors (Lipinski definition) is 1. The number of aromatic nitrogens is 1. The van der Waals surface area contributed by atoms with E-state index in [0.29, 0.717) is 16.9 Å². The fourth-order valence-electron chi connectivity index (χ4n) is 4.28. The van der Waals surface area contributed by atoms with E-state index < -0.39 is 10.0 Å². The van der Waals surface area contributed by atoms with Crippen LogP contribution in [0.5, 0.6) is 5.75 Å². The average Bonchev–Trinajstić information content (AvgIpc) is 3.11. The van der Waals surface area contributed by atoms with Crippen molar-refractivity contribution < 1.29 is 13.2 Å². The molecule has 0 spiro atoms. The summed E-state index contributed by atoms with van der Waals surface area (Å²) in [5.74, 6) is 1.51. The number of nitrogens with one attached hydrogen (secondary N) is 1. The highest BCUT2D eigenvalue weighted by molar-refractivity contribution is 7.89. The molecular weight excluding hydrogens is 396 g/mol. The number of hydrogen-bond acceptors (Lipinski definition) is 4. The molecule has 0 bridgehead atoms. The van der Waals surface area contributed by atoms with Crippen LogP contribution in [0.25, 0.3) is 10.9 Å². The van der Waals surface area contributed by atoms with Crippen molar-refractivity contribution >= 4 is 32.5 Å². The first-order chi connectivity index (χ1) is 13.5. The Morgan fingerprint density at radius 2 is 1.71 bits per heavy atom. The summed E-state index contributed by atoms with van der Waals surface area (Å²) in [4.78, 5) is 4.61. The molecule has 2 unspecified atom stereocenters. The first-order valence-corrected chi connectivity index (χ1v) is 11.2. The Labute approximate surface area is 168 Å². The third-order valence-electron chi connectivity index (χ3n) is 5.72. The summed E-state index contributed by atoms with van der Waals surface area (Å²) in [6, 6.07) is 16.0. The van der Waals surface area contributed by atoms with Gasteiger partial charge in [0, 0.05) is 22.6 Å². The van der Waals surface area contributed by atoms with E-state index in [9.17, 15) is 8.42 Å². The second kappa shape index (κ2) is 6.72. The van der Waals surface area contributed by atoms with Crippen molar-refractivity contribution in [2.75, 3.05) is 0 Å². The van der Waals surface area contributed by atoms with Gasteiger partial charge in [0.15, 0.2) is 0 Å². The van der Waals surface area contributed by atoms with E-state index in [1.807, 2.05) is 30.3 Å². The molecule has 2 aromatic carbocycles. The van der Waals surface area contributed by atoms with Gasteiger partial charge in [-0.3, -0.25) is 4.98 Å². The summed E-state index contributed by atoms with van der Waals surface area (Å²) < 4.78 is 34.2. The van der Waals surface area contributed by atoms with Crippen molar-refractivity contribution in [3.8, 4) is 5.75 Å². The second-order valence-corrected chi connectivity index (χ2v) is 9.62. The largest absolute Gasteiger partial charge is 0.490 e. The number of fused-ring (bicyclic) bond motifs is 2. The molecule has 1 aromatic heterocycles. The van der Waals surface area contributed by atoms with Gasteiger partial charge in [-0.1, -0.05) is 23.7 Å². The Hall–Kier alpha value is -2.15. The fourth-order valence-corrected chi connectivity index (χ4v) is 5.74. The molecule has 28 heavy (non-hydrogen) atoms. The van der Waals surface area contributed by atoms with Gasteiger partial charge < -0.3 is 4.74 Å². The summed E-state index contributed by atoms with van der Waals surface area (Å²) in [5.41, 5.74) is 0.914. The van der Waals surface area contributed by atoms with Crippen molar-refractivity contribution in [3.05, 3.63) is 65.8 Å². The zero-order valence-electron chi connectivity index (χ0n) is 15.0. The molecule has 7 heteroatoms. The number of para-hydroxylation sites is 1. The lowest BCUT2D eigenvalue weighted by atomic mass is 10.1. The lowest BCUT2D eigenvalue weighted by Gasteiger charge is -2.18. The van der Waals surface area contributed by atoms with Crippen LogP contribution < -0.4 is 9.46 Å². The Bertz CT molecular complexity index is 1120. The molecule has 2 aliphatic carbocycles. The van der Waals surface area contributed by atoms with Gasteiger partial charge in [-0.2, -0.15) is 0 Å². The van der Waals surface area contributed by atoms with Crippen molar-refractivity contribution in [2.45, 2.75) is 29.9 Å². The standard InChI is InChI=1S/C21H19ClN2O3S/c22-13-5-7-15(8-6-13)28(25,26)24-21-17-11-14(12-18(17)21)27-20-9-10-23-19-4-2-1-3-16(19)20/h1-10,14,17-18,21,24H,11-12H2. The van der Waals surface area contributed by atoms with Crippen LogP contribution >= 0.6 is 11.6 Å². The maximum absolute atomic E-state index is 12.6. The fraction of sp³-hybridized carbons (Fsp3) is 0.286. The van der Waals surface area contributed by atoms with Crippen LogP contribution in [0.15, 0.2) is 65.7 Å². The maximum Gasteiger partial charge on any atom is 0.240 e. The number of pyridine rings is 1. The Kier molecular flexibility index (Phi) is 4.30. The summed E-state index contributed by atoms with van der Waals surface area (Å²) in [7, 11) is -3.52. The highest BCUT2D eigenvalue weighted by atomic mass is 35.5. The Morgan fingerprint density at radius 1 is 1.00 bits per heavy atom. The molecule has 5 nitrogen and oxygen atoms in total. The quantitative estimate of drug-likeness (QED) is 0.684. The lowest BCUT2D eigenvalue weighted by Crippen LogP contribution is -2.31. The van der Waals surface area contributed by atoms with E-state index in [-0.39, 0.29) is 17.0 Å².